The predicted octanol–water partition coefficient (Wildman–Crippen LogP) is 4.44. The Morgan fingerprint density at radius 1 is 1.05 bits per heavy atom. The second-order valence-corrected chi connectivity index (χ2v) is 5.95. The van der Waals surface area contributed by atoms with Gasteiger partial charge >= 0.3 is 0 Å². The van der Waals surface area contributed by atoms with Crippen molar-refractivity contribution >= 4 is 5.69 Å². The summed E-state index contributed by atoms with van der Waals surface area (Å²) in [6, 6.07) is 12.1. The zero-order valence-corrected chi connectivity index (χ0v) is 12.1. The van der Waals surface area contributed by atoms with E-state index in [2.05, 4.69) is 38.2 Å². The number of aromatic hydroxyl groups is 1. The van der Waals surface area contributed by atoms with Crippen LogP contribution < -0.4 is 5.32 Å². The van der Waals surface area contributed by atoms with Gasteiger partial charge in [0.25, 0.3) is 0 Å². The number of phenolic OH excluding ortho intramolecular Hbond substituents is 1. The Labute approximate surface area is 119 Å². The molecule has 0 saturated heterocycles. The van der Waals surface area contributed by atoms with E-state index in [9.17, 15) is 9.50 Å². The molecule has 0 bridgehead atoms. The maximum Gasteiger partial charge on any atom is 0.123 e. The van der Waals surface area contributed by atoms with Gasteiger partial charge in [0.15, 0.2) is 0 Å². The van der Waals surface area contributed by atoms with E-state index in [1.54, 1.807) is 0 Å². The fraction of sp³-hybridized carbons (Fsp3) is 0.294. The highest BCUT2D eigenvalue weighted by atomic mass is 19.1. The summed E-state index contributed by atoms with van der Waals surface area (Å²) in [6.07, 6.45) is 0. The lowest BCUT2D eigenvalue weighted by Gasteiger charge is -2.19. The maximum absolute atomic E-state index is 13.1. The quantitative estimate of drug-likeness (QED) is 0.866. The summed E-state index contributed by atoms with van der Waals surface area (Å²) in [6.45, 7) is 6.89. The molecule has 106 valence electrons. The summed E-state index contributed by atoms with van der Waals surface area (Å²) in [4.78, 5) is 0. The van der Waals surface area contributed by atoms with Crippen molar-refractivity contribution in [1.82, 2.24) is 0 Å². The van der Waals surface area contributed by atoms with Gasteiger partial charge in [-0.05, 0) is 41.3 Å². The van der Waals surface area contributed by atoms with Crippen molar-refractivity contribution in [2.24, 2.45) is 0 Å². The fourth-order valence-electron chi connectivity index (χ4n) is 1.98. The number of benzene rings is 2. The van der Waals surface area contributed by atoms with Gasteiger partial charge in [0.05, 0.1) is 0 Å². The SMILES string of the molecule is CC(C)(C)c1ccc(NCc2cc(F)ccc2O)cc1. The van der Waals surface area contributed by atoms with Gasteiger partial charge in [-0.1, -0.05) is 32.9 Å². The summed E-state index contributed by atoms with van der Waals surface area (Å²) >= 11 is 0. The summed E-state index contributed by atoms with van der Waals surface area (Å²) < 4.78 is 13.1. The van der Waals surface area contributed by atoms with Crippen LogP contribution in [-0.4, -0.2) is 5.11 Å². The number of halogens is 1. The molecule has 0 amide bonds. The highest BCUT2D eigenvalue weighted by molar-refractivity contribution is 5.47. The average Bonchev–Trinajstić information content (AvgIpc) is 2.39. The highest BCUT2D eigenvalue weighted by Gasteiger charge is 2.12. The molecule has 0 spiro atoms. The molecular weight excluding hydrogens is 253 g/mol. The van der Waals surface area contributed by atoms with Crippen molar-refractivity contribution in [3.05, 3.63) is 59.4 Å². The van der Waals surface area contributed by atoms with Crippen LogP contribution in [0.15, 0.2) is 42.5 Å². The first-order valence-electron chi connectivity index (χ1n) is 6.68. The number of nitrogens with one attached hydrogen (secondary N) is 1. The van der Waals surface area contributed by atoms with Gasteiger partial charge in [-0.2, -0.15) is 0 Å². The van der Waals surface area contributed by atoms with Crippen LogP contribution >= 0.6 is 0 Å². The van der Waals surface area contributed by atoms with Crippen LogP contribution in [0.5, 0.6) is 5.75 Å². The van der Waals surface area contributed by atoms with Crippen molar-refractivity contribution in [2.45, 2.75) is 32.7 Å². The third kappa shape index (κ3) is 3.50. The van der Waals surface area contributed by atoms with Crippen LogP contribution in [0.25, 0.3) is 0 Å². The molecule has 0 atom stereocenters. The van der Waals surface area contributed by atoms with Crippen LogP contribution in [0.4, 0.5) is 10.1 Å². The molecule has 20 heavy (non-hydrogen) atoms. The van der Waals surface area contributed by atoms with Gasteiger partial charge in [-0.25, -0.2) is 4.39 Å². The van der Waals surface area contributed by atoms with E-state index >= 15 is 0 Å². The molecular formula is C17H20FNO. The van der Waals surface area contributed by atoms with Gasteiger partial charge < -0.3 is 10.4 Å². The van der Waals surface area contributed by atoms with E-state index in [0.29, 0.717) is 12.1 Å². The normalized spacial score (nSPS) is 11.4. The van der Waals surface area contributed by atoms with Gasteiger partial charge in [-0.15, -0.1) is 0 Å². The molecule has 0 aliphatic carbocycles. The number of phenols is 1. The molecule has 0 aromatic heterocycles. The second kappa shape index (κ2) is 5.53. The Morgan fingerprint density at radius 2 is 1.70 bits per heavy atom. The molecule has 0 unspecified atom stereocenters. The second-order valence-electron chi connectivity index (χ2n) is 5.95. The summed E-state index contributed by atoms with van der Waals surface area (Å²) in [5, 5.41) is 12.8. The summed E-state index contributed by atoms with van der Waals surface area (Å²) in [5.74, 6) is -0.243. The first kappa shape index (κ1) is 14.4. The number of rotatable bonds is 3. The molecule has 0 saturated carbocycles. The lowest BCUT2D eigenvalue weighted by atomic mass is 9.87. The molecule has 0 aliphatic rings. The lowest BCUT2D eigenvalue weighted by Crippen LogP contribution is -2.10. The number of hydrogen-bond donors (Lipinski definition) is 2. The van der Waals surface area contributed by atoms with Crippen molar-refractivity contribution in [1.29, 1.82) is 0 Å². The Bertz CT molecular complexity index is 585. The van der Waals surface area contributed by atoms with Crippen molar-refractivity contribution in [2.75, 3.05) is 5.32 Å². The van der Waals surface area contributed by atoms with Crippen molar-refractivity contribution in [3.63, 3.8) is 0 Å². The van der Waals surface area contributed by atoms with Gasteiger partial charge in [0.2, 0.25) is 0 Å². The van der Waals surface area contributed by atoms with Gasteiger partial charge in [0, 0.05) is 17.8 Å². The van der Waals surface area contributed by atoms with Crippen LogP contribution in [0.3, 0.4) is 0 Å². The van der Waals surface area contributed by atoms with Crippen molar-refractivity contribution in [3.8, 4) is 5.75 Å². The van der Waals surface area contributed by atoms with E-state index in [1.807, 2.05) is 12.1 Å². The molecule has 2 rings (SSSR count). The molecule has 2 aromatic carbocycles. The first-order chi connectivity index (χ1) is 9.36. The van der Waals surface area contributed by atoms with E-state index in [0.717, 1.165) is 5.69 Å². The summed E-state index contributed by atoms with van der Waals surface area (Å²) in [5.41, 5.74) is 2.88. The first-order valence-corrected chi connectivity index (χ1v) is 6.68. The van der Waals surface area contributed by atoms with E-state index in [1.165, 1.54) is 23.8 Å². The molecule has 2 N–H and O–H groups in total. The van der Waals surface area contributed by atoms with E-state index < -0.39 is 0 Å². The molecule has 0 radical (unpaired) electrons. The van der Waals surface area contributed by atoms with Gasteiger partial charge in [0.1, 0.15) is 11.6 Å². The summed E-state index contributed by atoms with van der Waals surface area (Å²) in [7, 11) is 0. The predicted molar refractivity (Wildman–Crippen MR) is 80.5 cm³/mol. The minimum Gasteiger partial charge on any atom is -0.508 e. The Hall–Kier alpha value is -2.03. The minimum absolute atomic E-state index is 0.102. The number of anilines is 1. The molecule has 2 aromatic rings. The smallest absolute Gasteiger partial charge is 0.123 e. The molecule has 0 aliphatic heterocycles. The van der Waals surface area contributed by atoms with Crippen LogP contribution in [0.2, 0.25) is 0 Å². The van der Waals surface area contributed by atoms with Crippen LogP contribution in [0, 0.1) is 5.82 Å². The molecule has 2 nitrogen and oxygen atoms in total. The third-order valence-electron chi connectivity index (χ3n) is 3.28. The zero-order chi connectivity index (χ0) is 14.8. The van der Waals surface area contributed by atoms with Crippen molar-refractivity contribution < 1.29 is 9.50 Å². The minimum atomic E-state index is -0.345. The molecule has 3 heteroatoms. The van der Waals surface area contributed by atoms with E-state index in [4.69, 9.17) is 0 Å². The Kier molecular flexibility index (Phi) is 3.98. The lowest BCUT2D eigenvalue weighted by molar-refractivity contribution is 0.466. The zero-order valence-electron chi connectivity index (χ0n) is 12.1. The van der Waals surface area contributed by atoms with Gasteiger partial charge in [-0.3, -0.25) is 0 Å². The molecule has 0 heterocycles. The standard InChI is InChI=1S/C17H20FNO/c1-17(2,3)13-4-7-15(8-5-13)19-11-12-10-14(18)6-9-16(12)20/h4-10,19-20H,11H2,1-3H3. The topological polar surface area (TPSA) is 32.3 Å². The Morgan fingerprint density at radius 3 is 2.30 bits per heavy atom. The monoisotopic (exact) mass is 273 g/mol. The molecule has 0 fully saturated rings. The largest absolute Gasteiger partial charge is 0.508 e. The van der Waals surface area contributed by atoms with Crippen LogP contribution in [0.1, 0.15) is 31.9 Å². The van der Waals surface area contributed by atoms with E-state index in [-0.39, 0.29) is 17.0 Å². The Balaban J connectivity index is 2.06. The average molecular weight is 273 g/mol. The third-order valence-corrected chi connectivity index (χ3v) is 3.28. The highest BCUT2D eigenvalue weighted by Crippen LogP contribution is 2.24. The van der Waals surface area contributed by atoms with Crippen LogP contribution in [-0.2, 0) is 12.0 Å². The fourth-order valence-corrected chi connectivity index (χ4v) is 1.98. The maximum atomic E-state index is 13.1. The number of hydrogen-bond acceptors (Lipinski definition) is 2.